The number of hydrogen-bond acceptors (Lipinski definition) is 7. The van der Waals surface area contributed by atoms with Crippen molar-refractivity contribution in [2.24, 2.45) is 0 Å². The van der Waals surface area contributed by atoms with Gasteiger partial charge in [0.25, 0.3) is 0 Å². The molecule has 0 unspecified atom stereocenters. The van der Waals surface area contributed by atoms with Gasteiger partial charge in [0, 0.05) is 12.6 Å². The van der Waals surface area contributed by atoms with Crippen LogP contribution in [-0.2, 0) is 13.0 Å². The normalized spacial score (nSPS) is 11.1. The van der Waals surface area contributed by atoms with Crippen LogP contribution in [-0.4, -0.2) is 35.8 Å². The van der Waals surface area contributed by atoms with Crippen LogP contribution in [0.1, 0.15) is 17.0 Å². The zero-order chi connectivity index (χ0) is 26.1. The lowest BCUT2D eigenvalue weighted by molar-refractivity contribution is 0.201. The Kier molecular flexibility index (Phi) is 6.05. The SMILES string of the molecule is Nc1nc(-c2nc(Cc3ccccc3F)n3ncccc23)nc(N)c1N(Cc1ccc(F)cc1)C(=O)O. The highest BCUT2D eigenvalue weighted by molar-refractivity contribution is 5.94. The molecule has 5 rings (SSSR count). The molecule has 5 aromatic rings. The second-order valence-electron chi connectivity index (χ2n) is 8.13. The summed E-state index contributed by atoms with van der Waals surface area (Å²) in [4.78, 5) is 26.1. The Balaban J connectivity index is 1.56. The predicted octanol–water partition coefficient (Wildman–Crippen LogP) is 3.90. The molecule has 0 atom stereocenters. The van der Waals surface area contributed by atoms with Crippen LogP contribution in [0.5, 0.6) is 0 Å². The second kappa shape index (κ2) is 9.49. The first-order valence-corrected chi connectivity index (χ1v) is 11.1. The van der Waals surface area contributed by atoms with Crippen LogP contribution in [0.4, 0.5) is 30.9 Å². The van der Waals surface area contributed by atoms with E-state index in [-0.39, 0.29) is 41.9 Å². The lowest BCUT2D eigenvalue weighted by Crippen LogP contribution is -2.31. The minimum Gasteiger partial charge on any atom is -0.465 e. The van der Waals surface area contributed by atoms with Crippen LogP contribution >= 0.6 is 0 Å². The molecule has 5 N–H and O–H groups in total. The lowest BCUT2D eigenvalue weighted by Gasteiger charge is -2.22. The van der Waals surface area contributed by atoms with Crippen LogP contribution in [0.3, 0.4) is 0 Å². The molecular weight excluding hydrogens is 482 g/mol. The van der Waals surface area contributed by atoms with E-state index in [1.54, 1.807) is 41.0 Å². The average molecular weight is 502 g/mol. The molecule has 2 aromatic carbocycles. The van der Waals surface area contributed by atoms with Crippen molar-refractivity contribution in [1.29, 1.82) is 0 Å². The second-order valence-corrected chi connectivity index (χ2v) is 8.13. The van der Waals surface area contributed by atoms with E-state index in [4.69, 9.17) is 11.5 Å². The molecule has 0 bridgehead atoms. The van der Waals surface area contributed by atoms with Gasteiger partial charge >= 0.3 is 6.09 Å². The number of fused-ring (bicyclic) bond motifs is 1. The fourth-order valence-electron chi connectivity index (χ4n) is 3.97. The molecule has 0 aliphatic heterocycles. The van der Waals surface area contributed by atoms with Crippen molar-refractivity contribution in [3.63, 3.8) is 0 Å². The molecule has 0 aliphatic rings. The molecule has 3 heterocycles. The maximum atomic E-state index is 14.3. The van der Waals surface area contributed by atoms with Crippen molar-refractivity contribution in [2.45, 2.75) is 13.0 Å². The minimum absolute atomic E-state index is 0.0520. The molecule has 3 aromatic heterocycles. The molecule has 10 nitrogen and oxygen atoms in total. The third-order valence-electron chi connectivity index (χ3n) is 5.69. The van der Waals surface area contributed by atoms with Gasteiger partial charge in [0.2, 0.25) is 0 Å². The Morgan fingerprint density at radius 2 is 1.65 bits per heavy atom. The quantitative estimate of drug-likeness (QED) is 0.317. The average Bonchev–Trinajstić information content (AvgIpc) is 3.24. The number of anilines is 3. The number of aromatic nitrogens is 5. The smallest absolute Gasteiger partial charge is 0.412 e. The van der Waals surface area contributed by atoms with E-state index in [9.17, 15) is 18.7 Å². The largest absolute Gasteiger partial charge is 0.465 e. The fraction of sp³-hybridized carbons (Fsp3) is 0.0800. The monoisotopic (exact) mass is 502 g/mol. The van der Waals surface area contributed by atoms with E-state index in [2.05, 4.69) is 20.1 Å². The number of hydrogen-bond donors (Lipinski definition) is 3. The number of nitrogen functional groups attached to an aromatic ring is 2. The summed E-state index contributed by atoms with van der Waals surface area (Å²) in [5.41, 5.74) is 14.0. The van der Waals surface area contributed by atoms with Gasteiger partial charge in [-0.2, -0.15) is 5.10 Å². The van der Waals surface area contributed by atoms with Crippen LogP contribution in [0, 0.1) is 11.6 Å². The van der Waals surface area contributed by atoms with Crippen molar-refractivity contribution in [3.8, 4) is 11.5 Å². The van der Waals surface area contributed by atoms with Gasteiger partial charge < -0.3 is 16.6 Å². The van der Waals surface area contributed by atoms with Gasteiger partial charge in [-0.05, 0) is 41.5 Å². The molecule has 1 amide bonds. The van der Waals surface area contributed by atoms with Crippen LogP contribution in [0.15, 0.2) is 66.9 Å². The number of halogens is 2. The molecule has 186 valence electrons. The number of imidazole rings is 1. The van der Waals surface area contributed by atoms with Gasteiger partial charge in [0.15, 0.2) is 17.5 Å². The summed E-state index contributed by atoms with van der Waals surface area (Å²) in [6.45, 7) is -0.156. The predicted molar refractivity (Wildman–Crippen MR) is 133 cm³/mol. The van der Waals surface area contributed by atoms with Gasteiger partial charge in [0.1, 0.15) is 28.8 Å². The Morgan fingerprint density at radius 1 is 0.946 bits per heavy atom. The maximum absolute atomic E-state index is 14.3. The number of benzene rings is 2. The highest BCUT2D eigenvalue weighted by atomic mass is 19.1. The highest BCUT2D eigenvalue weighted by Crippen LogP contribution is 2.33. The molecule has 37 heavy (non-hydrogen) atoms. The first-order chi connectivity index (χ1) is 17.8. The Bertz CT molecular complexity index is 1600. The van der Waals surface area contributed by atoms with Crippen LogP contribution in [0.2, 0.25) is 0 Å². The molecule has 12 heteroatoms. The first kappa shape index (κ1) is 23.6. The van der Waals surface area contributed by atoms with Crippen LogP contribution in [0.25, 0.3) is 17.0 Å². The lowest BCUT2D eigenvalue weighted by atomic mass is 10.1. The third kappa shape index (κ3) is 4.59. The number of carbonyl (C=O) groups is 1. The van der Waals surface area contributed by atoms with Crippen molar-refractivity contribution >= 4 is 28.9 Å². The van der Waals surface area contributed by atoms with Gasteiger partial charge in [-0.1, -0.05) is 30.3 Å². The van der Waals surface area contributed by atoms with E-state index in [1.165, 1.54) is 30.3 Å². The van der Waals surface area contributed by atoms with Gasteiger partial charge in [-0.15, -0.1) is 0 Å². The summed E-state index contributed by atoms with van der Waals surface area (Å²) in [5.74, 6) is -0.713. The summed E-state index contributed by atoms with van der Waals surface area (Å²) < 4.78 is 29.1. The molecule has 0 saturated carbocycles. The van der Waals surface area contributed by atoms with E-state index >= 15 is 0 Å². The molecule has 0 fully saturated rings. The third-order valence-corrected chi connectivity index (χ3v) is 5.69. The first-order valence-electron chi connectivity index (χ1n) is 11.1. The molecule has 0 saturated heterocycles. The standard InChI is InChI=1S/C25H20F2N8O2/c26-16-9-7-14(8-10-16)13-34(25(36)37)21-22(28)32-24(33-23(21)29)20-18-6-3-11-30-35(18)19(31-20)12-15-4-1-2-5-17(15)27/h1-11H,12-13H2,(H,36,37)(H4,28,29,32,33). The summed E-state index contributed by atoms with van der Waals surface area (Å²) in [6, 6.07) is 15.1. The van der Waals surface area contributed by atoms with Crippen molar-refractivity contribution < 1.29 is 18.7 Å². The number of nitrogens with two attached hydrogens (primary N) is 2. The highest BCUT2D eigenvalue weighted by Gasteiger charge is 2.25. The summed E-state index contributed by atoms with van der Waals surface area (Å²) in [5, 5.41) is 14.1. The molecule has 0 spiro atoms. The van der Waals surface area contributed by atoms with Gasteiger partial charge in [-0.3, -0.25) is 4.90 Å². The number of carboxylic acid groups (broad SMARTS) is 1. The molecule has 0 radical (unpaired) electrons. The zero-order valence-corrected chi connectivity index (χ0v) is 19.2. The Hall–Kier alpha value is -5.13. The zero-order valence-electron chi connectivity index (χ0n) is 19.2. The van der Waals surface area contributed by atoms with Crippen molar-refractivity contribution in [1.82, 2.24) is 24.6 Å². The minimum atomic E-state index is -1.34. The summed E-state index contributed by atoms with van der Waals surface area (Å²) >= 11 is 0. The topological polar surface area (TPSA) is 149 Å². The molecule has 0 aliphatic carbocycles. The number of rotatable bonds is 6. The van der Waals surface area contributed by atoms with E-state index in [0.717, 1.165) is 4.90 Å². The number of amides is 1. The molecular formula is C25H20F2N8O2. The van der Waals surface area contributed by atoms with E-state index < -0.39 is 11.9 Å². The Morgan fingerprint density at radius 3 is 2.32 bits per heavy atom. The maximum Gasteiger partial charge on any atom is 0.412 e. The van der Waals surface area contributed by atoms with E-state index in [1.807, 2.05) is 0 Å². The Labute approximate surface area is 208 Å². The van der Waals surface area contributed by atoms with Gasteiger partial charge in [0.05, 0.1) is 12.1 Å². The summed E-state index contributed by atoms with van der Waals surface area (Å²) in [7, 11) is 0. The van der Waals surface area contributed by atoms with Gasteiger partial charge in [-0.25, -0.2) is 33.0 Å². The van der Waals surface area contributed by atoms with Crippen molar-refractivity contribution in [3.05, 3.63) is 95.4 Å². The summed E-state index contributed by atoms with van der Waals surface area (Å²) in [6.07, 6.45) is 0.372. The van der Waals surface area contributed by atoms with Crippen LogP contribution < -0.4 is 16.4 Å². The number of nitrogens with zero attached hydrogens (tertiary/aromatic N) is 6. The fourth-order valence-corrected chi connectivity index (χ4v) is 3.97. The van der Waals surface area contributed by atoms with Crippen molar-refractivity contribution in [2.75, 3.05) is 16.4 Å². The van der Waals surface area contributed by atoms with E-state index in [0.29, 0.717) is 28.2 Å².